The van der Waals surface area contributed by atoms with Gasteiger partial charge in [0, 0.05) is 44.8 Å². The highest BCUT2D eigenvalue weighted by Gasteiger charge is 2.31. The average Bonchev–Trinajstić information content (AvgIpc) is 2.47. The van der Waals surface area contributed by atoms with Crippen LogP contribution in [-0.4, -0.2) is 43.5 Å². The van der Waals surface area contributed by atoms with Gasteiger partial charge < -0.3 is 15.5 Å². The van der Waals surface area contributed by atoms with Crippen molar-refractivity contribution in [2.24, 2.45) is 5.73 Å². The monoisotopic (exact) mass is 301 g/mol. The number of piperazine rings is 1. The highest BCUT2D eigenvalue weighted by atomic mass is 19.4. The Morgan fingerprint density at radius 1 is 1.19 bits per heavy atom. The molecule has 1 heterocycles. The van der Waals surface area contributed by atoms with Crippen LogP contribution in [0.4, 0.5) is 18.9 Å². The summed E-state index contributed by atoms with van der Waals surface area (Å²) in [6, 6.07) is 5.28. The molecule has 0 atom stereocenters. The highest BCUT2D eigenvalue weighted by molar-refractivity contribution is 5.76. The third-order valence-electron chi connectivity index (χ3n) is 3.53. The van der Waals surface area contributed by atoms with Crippen LogP contribution >= 0.6 is 0 Å². The van der Waals surface area contributed by atoms with Gasteiger partial charge in [0.1, 0.15) is 0 Å². The number of rotatable bonds is 3. The lowest BCUT2D eigenvalue weighted by Gasteiger charge is -2.36. The van der Waals surface area contributed by atoms with Gasteiger partial charge in [-0.1, -0.05) is 6.07 Å². The molecular formula is C14H18F3N3O. The largest absolute Gasteiger partial charge is 0.416 e. The second-order valence-corrected chi connectivity index (χ2v) is 4.95. The molecule has 0 saturated carbocycles. The second kappa shape index (κ2) is 6.34. The van der Waals surface area contributed by atoms with Gasteiger partial charge in [-0.15, -0.1) is 0 Å². The summed E-state index contributed by atoms with van der Waals surface area (Å²) in [4.78, 5) is 15.3. The number of hydrogen-bond acceptors (Lipinski definition) is 3. The second-order valence-electron chi connectivity index (χ2n) is 4.95. The van der Waals surface area contributed by atoms with Gasteiger partial charge in [-0.2, -0.15) is 13.2 Å². The number of benzene rings is 1. The summed E-state index contributed by atoms with van der Waals surface area (Å²) in [5.74, 6) is 0.00110. The topological polar surface area (TPSA) is 49.6 Å². The number of nitrogens with zero attached hydrogens (tertiary/aromatic N) is 2. The molecule has 0 aromatic heterocycles. The zero-order chi connectivity index (χ0) is 15.5. The molecular weight excluding hydrogens is 283 g/mol. The van der Waals surface area contributed by atoms with Crippen molar-refractivity contribution < 1.29 is 18.0 Å². The van der Waals surface area contributed by atoms with Crippen molar-refractivity contribution in [3.05, 3.63) is 29.8 Å². The Labute approximate surface area is 121 Å². The fourth-order valence-corrected chi connectivity index (χ4v) is 2.37. The van der Waals surface area contributed by atoms with Crippen molar-refractivity contribution in [3.8, 4) is 0 Å². The fraction of sp³-hybridized carbons (Fsp3) is 0.500. The third-order valence-corrected chi connectivity index (χ3v) is 3.53. The summed E-state index contributed by atoms with van der Waals surface area (Å²) in [5.41, 5.74) is 5.23. The first-order chi connectivity index (χ1) is 9.91. The van der Waals surface area contributed by atoms with Crippen molar-refractivity contribution in [1.82, 2.24) is 4.90 Å². The summed E-state index contributed by atoms with van der Waals surface area (Å²) in [6.45, 7) is 2.38. The number of carbonyl (C=O) groups excluding carboxylic acids is 1. The predicted octanol–water partition coefficient (Wildman–Crippen LogP) is 1.70. The maximum absolute atomic E-state index is 12.7. The lowest BCUT2D eigenvalue weighted by molar-refractivity contribution is -0.137. The summed E-state index contributed by atoms with van der Waals surface area (Å²) >= 11 is 0. The van der Waals surface area contributed by atoms with Gasteiger partial charge in [0.15, 0.2) is 0 Å². The minimum atomic E-state index is -4.34. The van der Waals surface area contributed by atoms with Crippen LogP contribution in [-0.2, 0) is 11.0 Å². The number of hydrogen-bond donors (Lipinski definition) is 1. The molecule has 1 aliphatic rings. The quantitative estimate of drug-likeness (QED) is 0.924. The maximum atomic E-state index is 12.7. The minimum Gasteiger partial charge on any atom is -0.368 e. The van der Waals surface area contributed by atoms with Crippen LogP contribution in [0.1, 0.15) is 12.0 Å². The van der Waals surface area contributed by atoms with Crippen LogP contribution in [0.15, 0.2) is 24.3 Å². The van der Waals surface area contributed by atoms with Crippen molar-refractivity contribution in [2.75, 3.05) is 37.6 Å². The molecule has 1 fully saturated rings. The van der Waals surface area contributed by atoms with E-state index in [1.807, 2.05) is 4.90 Å². The smallest absolute Gasteiger partial charge is 0.368 e. The first kappa shape index (κ1) is 15.6. The normalized spacial score (nSPS) is 16.2. The van der Waals surface area contributed by atoms with Gasteiger partial charge in [0.05, 0.1) is 5.56 Å². The lowest BCUT2D eigenvalue weighted by atomic mass is 10.1. The molecule has 0 aliphatic carbocycles. The van der Waals surface area contributed by atoms with Gasteiger partial charge in [0.25, 0.3) is 0 Å². The van der Waals surface area contributed by atoms with Crippen molar-refractivity contribution in [2.45, 2.75) is 12.6 Å². The summed E-state index contributed by atoms with van der Waals surface area (Å²) < 4.78 is 38.1. The van der Waals surface area contributed by atoms with Crippen molar-refractivity contribution >= 4 is 11.6 Å². The number of anilines is 1. The van der Waals surface area contributed by atoms with E-state index in [2.05, 4.69) is 0 Å². The van der Waals surface area contributed by atoms with E-state index >= 15 is 0 Å². The number of alkyl halides is 3. The predicted molar refractivity (Wildman–Crippen MR) is 73.9 cm³/mol. The average molecular weight is 301 g/mol. The van der Waals surface area contributed by atoms with Gasteiger partial charge >= 0.3 is 6.18 Å². The van der Waals surface area contributed by atoms with Crippen molar-refractivity contribution in [3.63, 3.8) is 0 Å². The van der Waals surface area contributed by atoms with E-state index in [4.69, 9.17) is 5.73 Å². The Hall–Kier alpha value is -1.76. The van der Waals surface area contributed by atoms with Crippen LogP contribution in [0.3, 0.4) is 0 Å². The number of halogens is 3. The number of carbonyl (C=O) groups is 1. The molecule has 0 spiro atoms. The van der Waals surface area contributed by atoms with Gasteiger partial charge in [0.2, 0.25) is 5.91 Å². The Kier molecular flexibility index (Phi) is 4.72. The van der Waals surface area contributed by atoms with E-state index in [0.717, 1.165) is 12.1 Å². The zero-order valence-corrected chi connectivity index (χ0v) is 11.6. The third kappa shape index (κ3) is 3.87. The summed E-state index contributed by atoms with van der Waals surface area (Å²) in [7, 11) is 0. The molecule has 21 heavy (non-hydrogen) atoms. The molecule has 1 saturated heterocycles. The maximum Gasteiger partial charge on any atom is 0.416 e. The molecule has 2 N–H and O–H groups in total. The van der Waals surface area contributed by atoms with E-state index in [-0.39, 0.29) is 5.91 Å². The molecule has 0 radical (unpaired) electrons. The van der Waals surface area contributed by atoms with Crippen LogP contribution in [0.2, 0.25) is 0 Å². The molecule has 2 rings (SSSR count). The van der Waals surface area contributed by atoms with E-state index in [1.54, 1.807) is 11.0 Å². The number of nitrogens with two attached hydrogens (primary N) is 1. The lowest BCUT2D eigenvalue weighted by Crippen LogP contribution is -2.49. The first-order valence-electron chi connectivity index (χ1n) is 6.82. The van der Waals surface area contributed by atoms with E-state index < -0.39 is 11.7 Å². The molecule has 0 bridgehead atoms. The Morgan fingerprint density at radius 3 is 2.43 bits per heavy atom. The Balaban J connectivity index is 2.01. The SMILES string of the molecule is NCCC(=O)N1CCN(c2cccc(C(F)(F)F)c2)CC1. The molecule has 0 unspecified atom stereocenters. The van der Waals surface area contributed by atoms with E-state index in [0.29, 0.717) is 44.8 Å². The molecule has 1 aromatic rings. The molecule has 1 aliphatic heterocycles. The van der Waals surface area contributed by atoms with Crippen LogP contribution in [0.5, 0.6) is 0 Å². The molecule has 1 aromatic carbocycles. The first-order valence-corrected chi connectivity index (χ1v) is 6.82. The van der Waals surface area contributed by atoms with Crippen LogP contribution < -0.4 is 10.6 Å². The van der Waals surface area contributed by atoms with Gasteiger partial charge in [-0.25, -0.2) is 0 Å². The van der Waals surface area contributed by atoms with E-state index in [9.17, 15) is 18.0 Å². The zero-order valence-electron chi connectivity index (χ0n) is 11.6. The van der Waals surface area contributed by atoms with Gasteiger partial charge in [-0.3, -0.25) is 4.79 Å². The molecule has 116 valence electrons. The Bertz CT molecular complexity index is 496. The Morgan fingerprint density at radius 2 is 1.86 bits per heavy atom. The molecule has 1 amide bonds. The van der Waals surface area contributed by atoms with E-state index in [1.165, 1.54) is 6.07 Å². The standard InChI is InChI=1S/C14H18F3N3O/c15-14(16,17)11-2-1-3-12(10-11)19-6-8-20(9-7-19)13(21)4-5-18/h1-3,10H,4-9,18H2. The summed E-state index contributed by atoms with van der Waals surface area (Å²) in [5, 5.41) is 0. The minimum absolute atomic E-state index is 0.00110. The molecule has 7 heteroatoms. The van der Waals surface area contributed by atoms with Crippen LogP contribution in [0, 0.1) is 0 Å². The van der Waals surface area contributed by atoms with Crippen molar-refractivity contribution in [1.29, 1.82) is 0 Å². The van der Waals surface area contributed by atoms with Gasteiger partial charge in [-0.05, 0) is 18.2 Å². The fourth-order valence-electron chi connectivity index (χ4n) is 2.37. The van der Waals surface area contributed by atoms with Crippen LogP contribution in [0.25, 0.3) is 0 Å². The summed E-state index contributed by atoms with van der Waals surface area (Å²) in [6.07, 6.45) is -4.03. The highest BCUT2D eigenvalue weighted by Crippen LogP contribution is 2.31. The molecule has 4 nitrogen and oxygen atoms in total. The number of amides is 1.